The average Bonchev–Trinajstić information content (AvgIpc) is 3.54. The Bertz CT molecular complexity index is 1500. The summed E-state index contributed by atoms with van der Waals surface area (Å²) in [5.74, 6) is 0.413. The number of aromatic nitrogens is 6. The van der Waals surface area contributed by atoms with Crippen molar-refractivity contribution in [2.24, 2.45) is 0 Å². The molecule has 1 saturated carbocycles. The third-order valence-corrected chi connectivity index (χ3v) is 6.63. The third kappa shape index (κ3) is 4.69. The molecule has 196 valence electrons. The van der Waals surface area contributed by atoms with Gasteiger partial charge in [0.2, 0.25) is 0 Å². The highest BCUT2D eigenvalue weighted by Gasteiger charge is 2.48. The monoisotopic (exact) mass is 516 g/mol. The first-order valence-electron chi connectivity index (χ1n) is 12.5. The number of fused-ring (bicyclic) bond motifs is 1. The van der Waals surface area contributed by atoms with Crippen molar-refractivity contribution >= 4 is 22.9 Å². The second kappa shape index (κ2) is 9.71. The van der Waals surface area contributed by atoms with E-state index in [1.54, 1.807) is 12.4 Å². The first-order valence-corrected chi connectivity index (χ1v) is 12.5. The van der Waals surface area contributed by atoms with E-state index in [9.17, 15) is 15.0 Å². The van der Waals surface area contributed by atoms with Crippen molar-refractivity contribution in [2.75, 3.05) is 5.32 Å². The zero-order valence-electron chi connectivity index (χ0n) is 20.9. The van der Waals surface area contributed by atoms with E-state index in [1.165, 1.54) is 10.9 Å². The SMILES string of the molecule is Cc1cncc(-c2nc(NCc3cccc(C)n3)c3ncn([C@@H]4O[C@H](C(=O)NC5CC5)[C@@H](O)[C@H]4O)c3n2)c1. The fourth-order valence-corrected chi connectivity index (χ4v) is 4.52. The maximum Gasteiger partial charge on any atom is 0.252 e. The molecule has 12 nitrogen and oxygen atoms in total. The number of nitrogens with zero attached hydrogens (tertiary/aromatic N) is 6. The zero-order chi connectivity index (χ0) is 26.4. The van der Waals surface area contributed by atoms with E-state index in [0.717, 1.165) is 29.8 Å². The molecule has 1 aliphatic carbocycles. The summed E-state index contributed by atoms with van der Waals surface area (Å²) in [5, 5.41) is 27.6. The Labute approximate surface area is 218 Å². The molecule has 4 aromatic rings. The maximum atomic E-state index is 12.6. The minimum Gasteiger partial charge on any atom is -0.387 e. The molecule has 2 fully saturated rings. The number of hydrogen-bond acceptors (Lipinski definition) is 10. The van der Waals surface area contributed by atoms with Crippen LogP contribution in [0, 0.1) is 13.8 Å². The number of anilines is 1. The standard InChI is InChI=1S/C26H28N8O4/c1-13-8-15(10-27-9-13)22-32-23(28-11-17-5-3-4-14(2)30-17)18-24(33-22)34(12-29-18)26-20(36)19(35)21(38-26)25(37)31-16-6-7-16/h3-5,8-10,12,16,19-21,26,35-36H,6-7,11H2,1-2H3,(H,31,37)(H,28,32,33)/t19-,20+,21-,26+/m0/s1. The lowest BCUT2D eigenvalue weighted by Gasteiger charge is -2.17. The number of rotatable bonds is 7. The largest absolute Gasteiger partial charge is 0.387 e. The van der Waals surface area contributed by atoms with Gasteiger partial charge >= 0.3 is 0 Å². The summed E-state index contributed by atoms with van der Waals surface area (Å²) in [6.07, 6.45) is 1.63. The van der Waals surface area contributed by atoms with Crippen LogP contribution < -0.4 is 10.6 Å². The van der Waals surface area contributed by atoms with E-state index < -0.39 is 30.4 Å². The van der Waals surface area contributed by atoms with Crippen molar-refractivity contribution in [1.29, 1.82) is 0 Å². The van der Waals surface area contributed by atoms with Crippen LogP contribution in [0.25, 0.3) is 22.6 Å². The summed E-state index contributed by atoms with van der Waals surface area (Å²) >= 11 is 0. The van der Waals surface area contributed by atoms with Crippen LogP contribution in [0.2, 0.25) is 0 Å². The number of carbonyl (C=O) groups excluding carboxylic acids is 1. The van der Waals surface area contributed by atoms with Crippen LogP contribution in [0.5, 0.6) is 0 Å². The fraction of sp³-hybridized carbons (Fsp3) is 0.385. The number of aliphatic hydroxyl groups excluding tert-OH is 2. The Balaban J connectivity index is 1.38. The van der Waals surface area contributed by atoms with Gasteiger partial charge in [0.1, 0.15) is 12.2 Å². The van der Waals surface area contributed by atoms with Gasteiger partial charge < -0.3 is 25.6 Å². The number of carbonyl (C=O) groups is 1. The van der Waals surface area contributed by atoms with Gasteiger partial charge in [0.15, 0.2) is 35.1 Å². The van der Waals surface area contributed by atoms with Crippen molar-refractivity contribution in [3.63, 3.8) is 0 Å². The molecule has 0 aromatic carbocycles. The minimum atomic E-state index is -1.40. The lowest BCUT2D eigenvalue weighted by molar-refractivity contribution is -0.137. The molecule has 6 rings (SSSR count). The molecule has 0 unspecified atom stereocenters. The Morgan fingerprint density at radius 1 is 1.13 bits per heavy atom. The fourth-order valence-electron chi connectivity index (χ4n) is 4.52. The molecule has 0 radical (unpaired) electrons. The molecule has 12 heteroatoms. The second-order valence-corrected chi connectivity index (χ2v) is 9.81. The van der Waals surface area contributed by atoms with Gasteiger partial charge in [0, 0.05) is 29.7 Å². The number of nitrogens with one attached hydrogen (secondary N) is 2. The van der Waals surface area contributed by atoms with Gasteiger partial charge in [-0.1, -0.05) is 6.07 Å². The molecule has 1 saturated heterocycles. The Morgan fingerprint density at radius 3 is 2.74 bits per heavy atom. The molecule has 0 bridgehead atoms. The van der Waals surface area contributed by atoms with Gasteiger partial charge in [-0.3, -0.25) is 19.3 Å². The number of aryl methyl sites for hydroxylation is 2. The molecular weight excluding hydrogens is 488 g/mol. The normalized spacial score (nSPS) is 23.1. The van der Waals surface area contributed by atoms with Crippen LogP contribution in [0.1, 0.15) is 36.0 Å². The van der Waals surface area contributed by atoms with Crippen LogP contribution in [0.3, 0.4) is 0 Å². The van der Waals surface area contributed by atoms with Gasteiger partial charge in [-0.15, -0.1) is 0 Å². The number of imidazole rings is 1. The summed E-state index contributed by atoms with van der Waals surface area (Å²) in [6, 6.07) is 7.80. The zero-order valence-corrected chi connectivity index (χ0v) is 20.9. The minimum absolute atomic E-state index is 0.0957. The third-order valence-electron chi connectivity index (χ3n) is 6.63. The molecule has 5 heterocycles. The number of pyridine rings is 2. The predicted molar refractivity (Wildman–Crippen MR) is 137 cm³/mol. The number of ether oxygens (including phenoxy) is 1. The van der Waals surface area contributed by atoms with E-state index >= 15 is 0 Å². The molecule has 4 atom stereocenters. The summed E-state index contributed by atoms with van der Waals surface area (Å²) in [7, 11) is 0. The van der Waals surface area contributed by atoms with E-state index in [4.69, 9.17) is 14.7 Å². The Kier molecular flexibility index (Phi) is 6.22. The Hall–Kier alpha value is -4.00. The lowest BCUT2D eigenvalue weighted by Crippen LogP contribution is -2.43. The van der Waals surface area contributed by atoms with Gasteiger partial charge in [-0.2, -0.15) is 0 Å². The van der Waals surface area contributed by atoms with E-state index in [2.05, 4.69) is 25.6 Å². The highest BCUT2D eigenvalue weighted by molar-refractivity contribution is 5.85. The Morgan fingerprint density at radius 2 is 1.97 bits per heavy atom. The number of hydrogen-bond donors (Lipinski definition) is 4. The molecule has 2 aliphatic rings. The van der Waals surface area contributed by atoms with E-state index in [0.29, 0.717) is 34.9 Å². The van der Waals surface area contributed by atoms with Crippen LogP contribution >= 0.6 is 0 Å². The molecule has 1 aliphatic heterocycles. The maximum absolute atomic E-state index is 12.6. The van der Waals surface area contributed by atoms with E-state index in [-0.39, 0.29) is 6.04 Å². The van der Waals surface area contributed by atoms with Crippen molar-refractivity contribution in [3.05, 3.63) is 59.9 Å². The number of amides is 1. The quantitative estimate of drug-likeness (QED) is 0.283. The van der Waals surface area contributed by atoms with Crippen LogP contribution in [-0.2, 0) is 16.1 Å². The first kappa shape index (κ1) is 24.3. The van der Waals surface area contributed by atoms with Gasteiger partial charge in [-0.05, 0) is 50.5 Å². The summed E-state index contributed by atoms with van der Waals surface area (Å²) < 4.78 is 7.41. The van der Waals surface area contributed by atoms with Crippen molar-refractivity contribution < 1.29 is 19.7 Å². The molecule has 4 N–H and O–H groups in total. The van der Waals surface area contributed by atoms with Crippen molar-refractivity contribution in [2.45, 2.75) is 63.8 Å². The first-order chi connectivity index (χ1) is 18.4. The molecule has 38 heavy (non-hydrogen) atoms. The predicted octanol–water partition coefficient (Wildman–Crippen LogP) is 1.41. The molecule has 4 aromatic heterocycles. The summed E-state index contributed by atoms with van der Waals surface area (Å²) in [5.41, 5.74) is 4.19. The highest BCUT2D eigenvalue weighted by atomic mass is 16.6. The van der Waals surface area contributed by atoms with Crippen LogP contribution in [0.4, 0.5) is 5.82 Å². The van der Waals surface area contributed by atoms with Crippen molar-refractivity contribution in [3.8, 4) is 11.4 Å². The smallest absolute Gasteiger partial charge is 0.252 e. The van der Waals surface area contributed by atoms with Crippen LogP contribution in [-0.4, -0.2) is 70.0 Å². The van der Waals surface area contributed by atoms with Crippen molar-refractivity contribution in [1.82, 2.24) is 34.8 Å². The highest BCUT2D eigenvalue weighted by Crippen LogP contribution is 2.34. The van der Waals surface area contributed by atoms with Gasteiger partial charge in [0.25, 0.3) is 5.91 Å². The summed E-state index contributed by atoms with van der Waals surface area (Å²) in [6.45, 7) is 4.26. The topological polar surface area (TPSA) is 160 Å². The second-order valence-electron chi connectivity index (χ2n) is 9.81. The molecule has 0 spiro atoms. The summed E-state index contributed by atoms with van der Waals surface area (Å²) in [4.78, 5) is 35.4. The van der Waals surface area contributed by atoms with Crippen LogP contribution in [0.15, 0.2) is 43.0 Å². The molecule has 1 amide bonds. The lowest BCUT2D eigenvalue weighted by atomic mass is 10.1. The van der Waals surface area contributed by atoms with Gasteiger partial charge in [-0.25, -0.2) is 15.0 Å². The van der Waals surface area contributed by atoms with Gasteiger partial charge in [0.05, 0.1) is 18.6 Å². The van der Waals surface area contributed by atoms with E-state index in [1.807, 2.05) is 38.1 Å². The average molecular weight is 517 g/mol. The number of aliphatic hydroxyl groups is 2. The molecular formula is C26H28N8O4.